The number of hydrogen-bond acceptors (Lipinski definition) is 4. The predicted octanol–water partition coefficient (Wildman–Crippen LogP) is 2.17. The summed E-state index contributed by atoms with van der Waals surface area (Å²) in [6, 6.07) is 7.69. The van der Waals surface area contributed by atoms with Crippen LogP contribution in [0.2, 0.25) is 0 Å². The van der Waals surface area contributed by atoms with Gasteiger partial charge in [0.25, 0.3) is 0 Å². The number of nitriles is 1. The number of imidazole rings is 1. The third kappa shape index (κ3) is 2.38. The Kier molecular flexibility index (Phi) is 3.71. The highest BCUT2D eigenvalue weighted by Crippen LogP contribution is 2.32. The van der Waals surface area contributed by atoms with Crippen molar-refractivity contribution in [2.24, 2.45) is 7.05 Å². The fourth-order valence-electron chi connectivity index (χ4n) is 1.92. The Hall–Kier alpha value is -2.48. The van der Waals surface area contributed by atoms with E-state index in [0.717, 1.165) is 22.8 Å². The van der Waals surface area contributed by atoms with Gasteiger partial charge in [0.05, 0.1) is 38.0 Å². The largest absolute Gasteiger partial charge is 0.497 e. The van der Waals surface area contributed by atoms with E-state index in [1.54, 1.807) is 20.4 Å². The van der Waals surface area contributed by atoms with Crippen molar-refractivity contribution >= 4 is 0 Å². The van der Waals surface area contributed by atoms with Crippen LogP contribution < -0.4 is 9.47 Å². The van der Waals surface area contributed by atoms with E-state index in [2.05, 4.69) is 11.1 Å². The third-order valence-corrected chi connectivity index (χ3v) is 2.99. The molecule has 5 heteroatoms. The van der Waals surface area contributed by atoms with Gasteiger partial charge in [-0.2, -0.15) is 5.26 Å². The van der Waals surface area contributed by atoms with E-state index >= 15 is 0 Å². The molecule has 19 heavy (non-hydrogen) atoms. The smallest absolute Gasteiger partial charge is 0.143 e. The van der Waals surface area contributed by atoms with Gasteiger partial charge in [-0.3, -0.25) is 0 Å². The Morgan fingerprint density at radius 3 is 2.74 bits per heavy atom. The number of nitrogens with zero attached hydrogens (tertiary/aromatic N) is 3. The van der Waals surface area contributed by atoms with E-state index in [-0.39, 0.29) is 0 Å². The van der Waals surface area contributed by atoms with E-state index in [0.29, 0.717) is 12.2 Å². The van der Waals surface area contributed by atoms with Crippen LogP contribution in [0.4, 0.5) is 0 Å². The van der Waals surface area contributed by atoms with Gasteiger partial charge in [0, 0.05) is 19.3 Å². The van der Waals surface area contributed by atoms with Crippen LogP contribution in [0, 0.1) is 11.3 Å². The van der Waals surface area contributed by atoms with Crippen LogP contribution in [-0.4, -0.2) is 23.8 Å². The molecule has 0 spiro atoms. The van der Waals surface area contributed by atoms with Crippen molar-refractivity contribution in [3.63, 3.8) is 0 Å². The molecule has 2 rings (SSSR count). The summed E-state index contributed by atoms with van der Waals surface area (Å²) >= 11 is 0. The van der Waals surface area contributed by atoms with Crippen LogP contribution >= 0.6 is 0 Å². The van der Waals surface area contributed by atoms with Gasteiger partial charge in [-0.15, -0.1) is 0 Å². The van der Waals surface area contributed by atoms with Gasteiger partial charge in [-0.05, 0) is 12.1 Å². The van der Waals surface area contributed by atoms with E-state index in [1.807, 2.05) is 29.8 Å². The SMILES string of the molecule is COc1ccc(-c2ncc(CC#N)n2C)c(OC)c1. The summed E-state index contributed by atoms with van der Waals surface area (Å²) in [6.07, 6.45) is 2.05. The first-order valence-corrected chi connectivity index (χ1v) is 5.81. The van der Waals surface area contributed by atoms with Crippen LogP contribution in [0.15, 0.2) is 24.4 Å². The van der Waals surface area contributed by atoms with Crippen LogP contribution in [-0.2, 0) is 13.5 Å². The molecule has 0 aliphatic rings. The topological polar surface area (TPSA) is 60.1 Å². The van der Waals surface area contributed by atoms with Crippen molar-refractivity contribution in [3.8, 4) is 29.0 Å². The third-order valence-electron chi connectivity index (χ3n) is 2.99. The Morgan fingerprint density at radius 1 is 1.32 bits per heavy atom. The van der Waals surface area contributed by atoms with E-state index in [9.17, 15) is 0 Å². The minimum atomic E-state index is 0.335. The zero-order chi connectivity index (χ0) is 13.8. The molecular weight excluding hydrogens is 242 g/mol. The van der Waals surface area contributed by atoms with Crippen molar-refractivity contribution in [2.45, 2.75) is 6.42 Å². The standard InChI is InChI=1S/C14H15N3O2/c1-17-10(6-7-15)9-16-14(17)12-5-4-11(18-2)8-13(12)19-3/h4-5,8-9H,6H2,1-3H3. The molecule has 2 aromatic rings. The maximum Gasteiger partial charge on any atom is 0.143 e. The van der Waals surface area contributed by atoms with E-state index in [4.69, 9.17) is 14.7 Å². The lowest BCUT2D eigenvalue weighted by molar-refractivity contribution is 0.395. The molecule has 0 fully saturated rings. The summed E-state index contributed by atoms with van der Waals surface area (Å²) in [5.74, 6) is 2.19. The minimum absolute atomic E-state index is 0.335. The highest BCUT2D eigenvalue weighted by molar-refractivity contribution is 5.66. The summed E-state index contributed by atoms with van der Waals surface area (Å²) in [6.45, 7) is 0. The molecule has 0 saturated heterocycles. The van der Waals surface area contributed by atoms with Crippen molar-refractivity contribution in [1.29, 1.82) is 5.26 Å². The Bertz CT molecular complexity index is 626. The van der Waals surface area contributed by atoms with Crippen molar-refractivity contribution in [2.75, 3.05) is 14.2 Å². The van der Waals surface area contributed by atoms with Gasteiger partial charge in [-0.1, -0.05) is 0 Å². The first kappa shape index (κ1) is 13.0. The summed E-state index contributed by atoms with van der Waals surface area (Å²) in [5.41, 5.74) is 1.74. The molecule has 0 radical (unpaired) electrons. The monoisotopic (exact) mass is 257 g/mol. The molecule has 0 unspecified atom stereocenters. The number of hydrogen-bond donors (Lipinski definition) is 0. The molecule has 1 heterocycles. The van der Waals surface area contributed by atoms with Gasteiger partial charge in [0.2, 0.25) is 0 Å². The fraction of sp³-hybridized carbons (Fsp3) is 0.286. The maximum atomic E-state index is 8.76. The molecule has 0 N–H and O–H groups in total. The first-order chi connectivity index (χ1) is 9.21. The molecular formula is C14H15N3O2. The number of ether oxygens (including phenoxy) is 2. The quantitative estimate of drug-likeness (QED) is 0.842. The molecule has 0 saturated carbocycles. The van der Waals surface area contributed by atoms with E-state index in [1.165, 1.54) is 0 Å². The predicted molar refractivity (Wildman–Crippen MR) is 71.1 cm³/mol. The molecule has 5 nitrogen and oxygen atoms in total. The molecule has 98 valence electrons. The Labute approximate surface area is 112 Å². The fourth-order valence-corrected chi connectivity index (χ4v) is 1.92. The maximum absolute atomic E-state index is 8.76. The minimum Gasteiger partial charge on any atom is -0.497 e. The van der Waals surface area contributed by atoms with Crippen molar-refractivity contribution < 1.29 is 9.47 Å². The van der Waals surface area contributed by atoms with Crippen molar-refractivity contribution in [3.05, 3.63) is 30.1 Å². The summed E-state index contributed by atoms with van der Waals surface area (Å²) in [4.78, 5) is 4.36. The lowest BCUT2D eigenvalue weighted by Gasteiger charge is -2.10. The van der Waals surface area contributed by atoms with Gasteiger partial charge in [-0.25, -0.2) is 4.98 Å². The molecule has 1 aromatic carbocycles. The second-order valence-electron chi connectivity index (χ2n) is 4.03. The van der Waals surface area contributed by atoms with Gasteiger partial charge in [0.1, 0.15) is 17.3 Å². The zero-order valence-corrected chi connectivity index (χ0v) is 11.2. The number of aromatic nitrogens is 2. The van der Waals surface area contributed by atoms with Crippen LogP contribution in [0.5, 0.6) is 11.5 Å². The van der Waals surface area contributed by atoms with Crippen molar-refractivity contribution in [1.82, 2.24) is 9.55 Å². The van der Waals surface area contributed by atoms with E-state index < -0.39 is 0 Å². The van der Waals surface area contributed by atoms with Gasteiger partial charge < -0.3 is 14.0 Å². The molecule has 0 bridgehead atoms. The van der Waals surface area contributed by atoms with Crippen LogP contribution in [0.3, 0.4) is 0 Å². The first-order valence-electron chi connectivity index (χ1n) is 5.81. The highest BCUT2D eigenvalue weighted by atomic mass is 16.5. The second-order valence-corrected chi connectivity index (χ2v) is 4.03. The Morgan fingerprint density at radius 2 is 2.11 bits per heavy atom. The average molecular weight is 257 g/mol. The average Bonchev–Trinajstić information content (AvgIpc) is 2.80. The number of benzene rings is 1. The van der Waals surface area contributed by atoms with Crippen LogP contribution in [0.25, 0.3) is 11.4 Å². The van der Waals surface area contributed by atoms with Crippen LogP contribution in [0.1, 0.15) is 5.69 Å². The molecule has 0 aliphatic heterocycles. The molecule has 0 aliphatic carbocycles. The second kappa shape index (κ2) is 5.44. The summed E-state index contributed by atoms with van der Waals surface area (Å²) < 4.78 is 12.4. The highest BCUT2D eigenvalue weighted by Gasteiger charge is 2.13. The molecule has 1 aromatic heterocycles. The molecule has 0 amide bonds. The Balaban J connectivity index is 2.50. The lowest BCUT2D eigenvalue weighted by atomic mass is 10.1. The van der Waals surface area contributed by atoms with Gasteiger partial charge >= 0.3 is 0 Å². The summed E-state index contributed by atoms with van der Waals surface area (Å²) in [7, 11) is 5.11. The van der Waals surface area contributed by atoms with Gasteiger partial charge in [0.15, 0.2) is 0 Å². The lowest BCUT2D eigenvalue weighted by Crippen LogP contribution is -1.99. The number of methoxy groups -OCH3 is 2. The molecule has 0 atom stereocenters. The number of rotatable bonds is 4. The zero-order valence-electron chi connectivity index (χ0n) is 11.2. The summed E-state index contributed by atoms with van der Waals surface area (Å²) in [5, 5.41) is 8.76. The normalized spacial score (nSPS) is 10.0.